The Balaban J connectivity index is 0.000000243. The van der Waals surface area contributed by atoms with E-state index in [4.69, 9.17) is 4.74 Å². The number of anilines is 3. The summed E-state index contributed by atoms with van der Waals surface area (Å²) in [6.07, 6.45) is 0.678. The van der Waals surface area contributed by atoms with E-state index in [2.05, 4.69) is 126 Å². The maximum atomic E-state index is 13.0. The first-order valence-corrected chi connectivity index (χ1v) is 20.2. The molecule has 55 heavy (non-hydrogen) atoms. The molecule has 1 amide bonds. The van der Waals surface area contributed by atoms with Gasteiger partial charge in [0, 0.05) is 24.5 Å². The van der Waals surface area contributed by atoms with Crippen LogP contribution in [0.3, 0.4) is 0 Å². The van der Waals surface area contributed by atoms with Crippen LogP contribution in [0, 0.1) is 16.8 Å². The van der Waals surface area contributed by atoms with Gasteiger partial charge in [0.2, 0.25) is 0 Å². The van der Waals surface area contributed by atoms with Gasteiger partial charge in [-0.1, -0.05) is 91.8 Å². The van der Waals surface area contributed by atoms with Crippen LogP contribution in [0.4, 0.5) is 22.7 Å². The Morgan fingerprint density at radius 1 is 0.800 bits per heavy atom. The number of rotatable bonds is 10. The smallest absolute Gasteiger partial charge is 1.00 e. The van der Waals surface area contributed by atoms with E-state index in [0.29, 0.717) is 47.2 Å². The normalized spacial score (nSPS) is 15.1. The molecule has 0 N–H and O–H groups in total. The number of amides is 1. The van der Waals surface area contributed by atoms with Crippen molar-refractivity contribution >= 4 is 33.3 Å². The van der Waals surface area contributed by atoms with Crippen LogP contribution in [0.25, 0.3) is 0 Å². The summed E-state index contributed by atoms with van der Waals surface area (Å²) in [5.41, 5.74) is 10.7. The molecule has 0 bridgehead atoms. The van der Waals surface area contributed by atoms with Gasteiger partial charge in [0.1, 0.15) is 0 Å². The fourth-order valence-electron chi connectivity index (χ4n) is 7.28. The fraction of sp³-hybridized carbons (Fsp3) is 0.400. The number of nitro benzene ring substituents is 1. The first-order valence-electron chi connectivity index (χ1n) is 19.2. The number of nitro groups is 1. The number of hydrogen-bond donors (Lipinski definition) is 0. The zero-order valence-electron chi connectivity index (χ0n) is 33.5. The van der Waals surface area contributed by atoms with E-state index in [9.17, 15) is 14.9 Å². The van der Waals surface area contributed by atoms with Crippen LogP contribution < -0.4 is 31.8 Å². The molecule has 0 radical (unpaired) electrons. The summed E-state index contributed by atoms with van der Waals surface area (Å²) in [6.45, 7) is 25.4. The van der Waals surface area contributed by atoms with Crippen LogP contribution in [0.2, 0.25) is 0 Å². The van der Waals surface area contributed by atoms with Crippen molar-refractivity contribution in [3.8, 4) is 5.75 Å². The molecule has 6 rings (SSSR count). The molecule has 2 aliphatic heterocycles. The number of nitrogens with zero attached hydrogens (tertiary/aromatic N) is 4. The summed E-state index contributed by atoms with van der Waals surface area (Å²) >= 11 is 2.45. The van der Waals surface area contributed by atoms with Gasteiger partial charge in [0.05, 0.1) is 0 Å². The third-order valence-electron chi connectivity index (χ3n) is 10.2. The van der Waals surface area contributed by atoms with E-state index in [0.717, 1.165) is 25.1 Å². The summed E-state index contributed by atoms with van der Waals surface area (Å²) in [4.78, 5) is 30.0. The van der Waals surface area contributed by atoms with Crippen molar-refractivity contribution in [2.24, 2.45) is 0 Å². The molecule has 1 fully saturated rings. The molecule has 0 saturated carbocycles. The zero-order chi connectivity index (χ0) is 39.3. The summed E-state index contributed by atoms with van der Waals surface area (Å²) in [7, 11) is 0. The first kappa shape index (κ1) is 43.7. The molecule has 2 aliphatic rings. The van der Waals surface area contributed by atoms with Crippen LogP contribution in [0.1, 0.15) is 131 Å². The molecular weight excluding hydrogens is 797 g/mol. The Kier molecular flexibility index (Phi) is 15.2. The summed E-state index contributed by atoms with van der Waals surface area (Å²) in [5.74, 6) is 2.55. The Hall–Kier alpha value is -4.07. The van der Waals surface area contributed by atoms with Crippen molar-refractivity contribution in [2.75, 3.05) is 34.3 Å². The molecule has 1 saturated heterocycles. The van der Waals surface area contributed by atoms with E-state index in [1.54, 1.807) is 4.90 Å². The topological polar surface area (TPSA) is 79.2 Å². The minimum Gasteiger partial charge on any atom is -1.00 e. The Labute approximate surface area is 344 Å². The fourth-order valence-corrected chi connectivity index (χ4v) is 7.68. The monoisotopic (exact) mass is 852 g/mol. The second kappa shape index (κ2) is 19.2. The van der Waals surface area contributed by atoms with Crippen LogP contribution in [-0.4, -0.2) is 41.2 Å². The average molecular weight is 852 g/mol. The molecular formula is C45H55ClN4O4Ru-. The maximum absolute atomic E-state index is 13.0. The summed E-state index contributed by atoms with van der Waals surface area (Å²) in [5, 5.41) is 10.8. The number of carbonyl (C=O) groups is 1. The molecule has 2 heterocycles. The number of benzene rings is 4. The minimum absolute atomic E-state index is 0. The number of halogens is 1. The number of ether oxygens (including phenoxy) is 1. The van der Waals surface area contributed by atoms with Gasteiger partial charge in [-0.15, -0.1) is 0 Å². The molecule has 4 aromatic carbocycles. The van der Waals surface area contributed by atoms with E-state index in [-0.39, 0.29) is 30.1 Å². The third-order valence-corrected chi connectivity index (χ3v) is 10.8. The standard InChI is InChI=1S/C27H39N2.C18H16N2O4.ClH.Ru/c1-18(2)22-11-9-12-23(19(3)4)26(22)28-15-16-29(17-28)27-24(20(5)6)13-10-14-25(27)21(7)8;1-3-15-11-19(16-6-4-5-12(2)17(16)24-15)18(21)13-7-9-14(10-8-13)20(22)23;;/h9-14,17-21H,15-16H2,1-8H3;2,4-10,15H,3,11H2,1H3;1H;/q-1;;;+1/p-1. The van der Waals surface area contributed by atoms with Gasteiger partial charge in [-0.2, -0.15) is 6.67 Å². The minimum atomic E-state index is -0.479. The molecule has 10 heteroatoms. The SMILES string of the molecule is CC(C)c1cccc(C(C)C)c1N1[CH-]N(c2c(C(C)C)cccc2C(C)C)CC1.CCC1CN(C(=O)c2ccc([N+](=O)[O-])cc2)c2cccc([CH]=[Ru+])c2O1.[Cl-]. The van der Waals surface area contributed by atoms with Gasteiger partial charge in [-0.25, -0.2) is 0 Å². The summed E-state index contributed by atoms with van der Waals surface area (Å²) in [6, 6.07) is 25.0. The van der Waals surface area contributed by atoms with Gasteiger partial charge in [-0.3, -0.25) is 0 Å². The van der Waals surface area contributed by atoms with Crippen LogP contribution in [0.15, 0.2) is 78.9 Å². The van der Waals surface area contributed by atoms with Gasteiger partial charge >= 0.3 is 155 Å². The number of para-hydroxylation sites is 3. The molecule has 0 aliphatic carbocycles. The number of non-ortho nitro benzene ring substituents is 1. The van der Waals surface area contributed by atoms with Crippen molar-refractivity contribution in [2.45, 2.75) is 98.5 Å². The largest absolute Gasteiger partial charge is 1.00 e. The Morgan fingerprint density at radius 3 is 1.65 bits per heavy atom. The quantitative estimate of drug-likeness (QED) is 0.0704. The van der Waals surface area contributed by atoms with E-state index < -0.39 is 4.92 Å². The predicted octanol–water partition coefficient (Wildman–Crippen LogP) is 7.74. The average Bonchev–Trinajstić information content (AvgIpc) is 3.66. The maximum Gasteiger partial charge on any atom is -1.00 e. The zero-order valence-corrected chi connectivity index (χ0v) is 36.0. The Morgan fingerprint density at radius 2 is 1.25 bits per heavy atom. The number of fused-ring (bicyclic) bond motifs is 1. The second-order valence-corrected chi connectivity index (χ2v) is 15.9. The molecule has 295 valence electrons. The molecule has 8 nitrogen and oxygen atoms in total. The number of carbonyl (C=O) groups excluding carboxylic acids is 1. The first-order chi connectivity index (χ1) is 25.8. The van der Waals surface area contributed by atoms with Gasteiger partial charge in [0.25, 0.3) is 0 Å². The van der Waals surface area contributed by atoms with Crippen LogP contribution in [0.5, 0.6) is 5.75 Å². The van der Waals surface area contributed by atoms with Crippen molar-refractivity contribution in [3.05, 3.63) is 129 Å². The van der Waals surface area contributed by atoms with Gasteiger partial charge < -0.3 is 22.2 Å². The van der Waals surface area contributed by atoms with Crippen LogP contribution in [-0.2, 0) is 17.9 Å². The molecule has 0 spiro atoms. The van der Waals surface area contributed by atoms with Crippen molar-refractivity contribution < 1.29 is 44.7 Å². The summed E-state index contributed by atoms with van der Waals surface area (Å²) < 4.78 is 7.92. The second-order valence-electron chi connectivity index (χ2n) is 15.4. The van der Waals surface area contributed by atoms with Crippen molar-refractivity contribution in [1.29, 1.82) is 0 Å². The molecule has 0 aromatic heterocycles. The van der Waals surface area contributed by atoms with Gasteiger partial charge in [0.15, 0.2) is 0 Å². The van der Waals surface area contributed by atoms with E-state index in [1.807, 2.05) is 29.7 Å². The molecule has 1 atom stereocenters. The molecule has 4 aromatic rings. The van der Waals surface area contributed by atoms with Crippen molar-refractivity contribution in [1.82, 2.24) is 0 Å². The van der Waals surface area contributed by atoms with Crippen molar-refractivity contribution in [3.63, 3.8) is 0 Å². The Bertz CT molecular complexity index is 1840. The third kappa shape index (κ3) is 9.67. The van der Waals surface area contributed by atoms with Crippen LogP contribution >= 0.6 is 0 Å². The van der Waals surface area contributed by atoms with E-state index >= 15 is 0 Å². The predicted molar refractivity (Wildman–Crippen MR) is 219 cm³/mol. The number of hydrogen-bond acceptors (Lipinski definition) is 6. The molecule has 1 unspecified atom stereocenters. The van der Waals surface area contributed by atoms with Gasteiger partial charge in [-0.05, 0) is 45.9 Å². The van der Waals surface area contributed by atoms with E-state index in [1.165, 1.54) is 57.9 Å².